The van der Waals surface area contributed by atoms with Crippen molar-refractivity contribution in [2.75, 3.05) is 0 Å². The van der Waals surface area contributed by atoms with Crippen LogP contribution in [0.2, 0.25) is 0 Å². The first-order chi connectivity index (χ1) is 13.7. The molecule has 4 heteroatoms. The maximum atomic E-state index is 14.4. The second-order valence-corrected chi connectivity index (χ2v) is 6.85. The highest BCUT2D eigenvalue weighted by atomic mass is 19.1. The van der Waals surface area contributed by atoms with E-state index in [1.54, 1.807) is 24.3 Å². The van der Waals surface area contributed by atoms with Crippen molar-refractivity contribution in [3.05, 3.63) is 84.4 Å². The van der Waals surface area contributed by atoms with Gasteiger partial charge in [-0.15, -0.1) is 0 Å². The minimum Gasteiger partial charge on any atom is -0.456 e. The molecule has 134 valence electrons. The zero-order valence-corrected chi connectivity index (χ0v) is 14.5. The molecule has 0 saturated carbocycles. The Kier molecular flexibility index (Phi) is 2.98. The summed E-state index contributed by atoms with van der Waals surface area (Å²) in [5.41, 5.74) is 4.09. The molecule has 0 aliphatic heterocycles. The summed E-state index contributed by atoms with van der Waals surface area (Å²) in [6.45, 7) is 0. The first-order valence-corrected chi connectivity index (χ1v) is 8.91. The molecule has 0 saturated heterocycles. The van der Waals surface area contributed by atoms with Crippen molar-refractivity contribution < 1.29 is 17.6 Å². The molecule has 2 nitrogen and oxygen atoms in total. The Labute approximate surface area is 157 Å². The summed E-state index contributed by atoms with van der Waals surface area (Å²) in [6.07, 6.45) is 0. The maximum absolute atomic E-state index is 14.4. The van der Waals surface area contributed by atoms with Crippen LogP contribution in [0.4, 0.5) is 8.78 Å². The van der Waals surface area contributed by atoms with Gasteiger partial charge in [0, 0.05) is 10.8 Å². The minimum absolute atomic E-state index is 0.313. The molecule has 2 aromatic heterocycles. The molecule has 28 heavy (non-hydrogen) atoms. The standard InChI is InChI=1S/C24H12F2O2/c25-17-3-1-5-21-23(17)15-11-13(7-9-19(15)27-21)14-8-10-20-16(12-14)24-18(26)4-2-6-22(24)28-20/h1-12H. The summed E-state index contributed by atoms with van der Waals surface area (Å²) in [5.74, 6) is -0.626. The van der Waals surface area contributed by atoms with E-state index in [1.807, 2.05) is 36.4 Å². The number of hydrogen-bond donors (Lipinski definition) is 0. The second-order valence-electron chi connectivity index (χ2n) is 6.85. The fourth-order valence-corrected chi connectivity index (χ4v) is 3.93. The van der Waals surface area contributed by atoms with E-state index in [2.05, 4.69) is 0 Å². The monoisotopic (exact) mass is 370 g/mol. The first-order valence-electron chi connectivity index (χ1n) is 8.91. The lowest BCUT2D eigenvalue weighted by Crippen LogP contribution is -1.80. The predicted octanol–water partition coefficient (Wildman–Crippen LogP) is 7.43. The maximum Gasteiger partial charge on any atom is 0.138 e. The molecule has 0 spiro atoms. The summed E-state index contributed by atoms with van der Waals surface area (Å²) in [5, 5.41) is 2.38. The molecule has 0 atom stereocenters. The van der Waals surface area contributed by atoms with E-state index in [9.17, 15) is 8.78 Å². The number of furan rings is 2. The van der Waals surface area contributed by atoms with Crippen molar-refractivity contribution in [3.8, 4) is 11.1 Å². The Balaban J connectivity index is 1.63. The number of halogens is 2. The summed E-state index contributed by atoms with van der Waals surface area (Å²) in [7, 11) is 0. The van der Waals surface area contributed by atoms with E-state index in [0.29, 0.717) is 43.9 Å². The Morgan fingerprint density at radius 3 is 1.43 bits per heavy atom. The van der Waals surface area contributed by atoms with Crippen LogP contribution in [0.1, 0.15) is 0 Å². The smallest absolute Gasteiger partial charge is 0.138 e. The zero-order chi connectivity index (χ0) is 18.8. The van der Waals surface area contributed by atoms with E-state index < -0.39 is 0 Å². The van der Waals surface area contributed by atoms with Gasteiger partial charge in [-0.3, -0.25) is 0 Å². The van der Waals surface area contributed by atoms with Gasteiger partial charge in [0.05, 0.1) is 10.8 Å². The summed E-state index contributed by atoms with van der Waals surface area (Å²) in [4.78, 5) is 0. The van der Waals surface area contributed by atoms with Crippen molar-refractivity contribution >= 4 is 43.9 Å². The molecule has 0 aliphatic carbocycles. The molecule has 0 N–H and O–H groups in total. The van der Waals surface area contributed by atoms with Crippen LogP contribution in [0.5, 0.6) is 0 Å². The van der Waals surface area contributed by atoms with Gasteiger partial charge in [0.1, 0.15) is 34.0 Å². The zero-order valence-electron chi connectivity index (χ0n) is 14.5. The summed E-state index contributed by atoms with van der Waals surface area (Å²) >= 11 is 0. The molecular weight excluding hydrogens is 358 g/mol. The van der Waals surface area contributed by atoms with Gasteiger partial charge in [-0.05, 0) is 59.7 Å². The lowest BCUT2D eigenvalue weighted by Gasteiger charge is -2.03. The van der Waals surface area contributed by atoms with Crippen LogP contribution in [0.25, 0.3) is 55.0 Å². The van der Waals surface area contributed by atoms with Gasteiger partial charge < -0.3 is 8.83 Å². The molecular formula is C24H12F2O2. The average molecular weight is 370 g/mol. The van der Waals surface area contributed by atoms with Crippen LogP contribution in [0, 0.1) is 11.6 Å². The highest BCUT2D eigenvalue weighted by Gasteiger charge is 2.14. The van der Waals surface area contributed by atoms with Gasteiger partial charge in [0.15, 0.2) is 0 Å². The molecule has 0 aliphatic rings. The Bertz CT molecular complexity index is 1420. The SMILES string of the molecule is Fc1cccc2oc3ccc(-c4ccc5oc6cccc(F)c6c5c4)cc3c12. The molecule has 6 rings (SSSR count). The number of benzene rings is 4. The fraction of sp³-hybridized carbons (Fsp3) is 0. The molecule has 0 amide bonds. The number of fused-ring (bicyclic) bond motifs is 6. The van der Waals surface area contributed by atoms with Crippen LogP contribution < -0.4 is 0 Å². The molecule has 4 aromatic carbocycles. The molecule has 0 bridgehead atoms. The highest BCUT2D eigenvalue weighted by molar-refractivity contribution is 6.08. The van der Waals surface area contributed by atoms with Gasteiger partial charge in [-0.25, -0.2) is 8.78 Å². The van der Waals surface area contributed by atoms with E-state index in [-0.39, 0.29) is 11.6 Å². The Morgan fingerprint density at radius 2 is 0.964 bits per heavy atom. The third kappa shape index (κ3) is 2.06. The Hall–Kier alpha value is -3.66. The fourth-order valence-electron chi connectivity index (χ4n) is 3.93. The third-order valence-corrected chi connectivity index (χ3v) is 5.22. The second kappa shape index (κ2) is 5.42. The quantitative estimate of drug-likeness (QED) is 0.301. The van der Waals surface area contributed by atoms with Crippen LogP contribution in [0.3, 0.4) is 0 Å². The van der Waals surface area contributed by atoms with Gasteiger partial charge in [0.2, 0.25) is 0 Å². The number of hydrogen-bond acceptors (Lipinski definition) is 2. The van der Waals surface area contributed by atoms with Crippen LogP contribution in [-0.4, -0.2) is 0 Å². The highest BCUT2D eigenvalue weighted by Crippen LogP contribution is 2.37. The Morgan fingerprint density at radius 1 is 0.500 bits per heavy atom. The van der Waals surface area contributed by atoms with Gasteiger partial charge in [-0.1, -0.05) is 24.3 Å². The van der Waals surface area contributed by atoms with Gasteiger partial charge in [-0.2, -0.15) is 0 Å². The lowest BCUT2D eigenvalue weighted by molar-refractivity contribution is 0.633. The lowest BCUT2D eigenvalue weighted by atomic mass is 10.0. The van der Waals surface area contributed by atoms with Gasteiger partial charge in [0.25, 0.3) is 0 Å². The first kappa shape index (κ1) is 15.4. The molecule has 0 unspecified atom stereocenters. The molecule has 6 aromatic rings. The summed E-state index contributed by atoms with van der Waals surface area (Å²) in [6, 6.07) is 21.0. The van der Waals surface area contributed by atoms with E-state index in [4.69, 9.17) is 8.83 Å². The summed E-state index contributed by atoms with van der Waals surface area (Å²) < 4.78 is 40.2. The van der Waals surface area contributed by atoms with Crippen molar-refractivity contribution in [1.29, 1.82) is 0 Å². The normalized spacial score (nSPS) is 11.9. The average Bonchev–Trinajstić information content (AvgIpc) is 3.26. The molecule has 0 radical (unpaired) electrons. The van der Waals surface area contributed by atoms with Crippen molar-refractivity contribution in [1.82, 2.24) is 0 Å². The van der Waals surface area contributed by atoms with E-state index in [0.717, 1.165) is 11.1 Å². The topological polar surface area (TPSA) is 26.3 Å². The minimum atomic E-state index is -0.313. The van der Waals surface area contributed by atoms with Crippen LogP contribution in [-0.2, 0) is 0 Å². The predicted molar refractivity (Wildman–Crippen MR) is 106 cm³/mol. The van der Waals surface area contributed by atoms with Gasteiger partial charge >= 0.3 is 0 Å². The number of rotatable bonds is 1. The van der Waals surface area contributed by atoms with Crippen LogP contribution in [0.15, 0.2) is 81.6 Å². The van der Waals surface area contributed by atoms with Crippen LogP contribution >= 0.6 is 0 Å². The van der Waals surface area contributed by atoms with Crippen molar-refractivity contribution in [3.63, 3.8) is 0 Å². The third-order valence-electron chi connectivity index (χ3n) is 5.22. The van der Waals surface area contributed by atoms with E-state index in [1.165, 1.54) is 12.1 Å². The van der Waals surface area contributed by atoms with Crippen molar-refractivity contribution in [2.45, 2.75) is 0 Å². The molecule has 0 fully saturated rings. The van der Waals surface area contributed by atoms with E-state index >= 15 is 0 Å². The molecule has 2 heterocycles. The largest absolute Gasteiger partial charge is 0.456 e. The van der Waals surface area contributed by atoms with Crippen molar-refractivity contribution in [2.24, 2.45) is 0 Å².